The van der Waals surface area contributed by atoms with Crippen LogP contribution in [-0.4, -0.2) is 39.6 Å². The van der Waals surface area contributed by atoms with Crippen molar-refractivity contribution in [1.82, 2.24) is 14.9 Å². The Hall–Kier alpha value is -1.79. The maximum Gasteiger partial charge on any atom is 0.226 e. The zero-order valence-electron chi connectivity index (χ0n) is 11.7. The van der Waals surface area contributed by atoms with E-state index in [2.05, 4.69) is 15.6 Å². The van der Waals surface area contributed by atoms with Gasteiger partial charge in [0.15, 0.2) is 0 Å². The van der Waals surface area contributed by atoms with E-state index in [0.29, 0.717) is 6.42 Å². The van der Waals surface area contributed by atoms with E-state index in [0.717, 1.165) is 29.4 Å². The van der Waals surface area contributed by atoms with E-state index in [-0.39, 0.29) is 11.9 Å². The molecule has 1 aromatic heterocycles. The average Bonchev–Trinajstić information content (AvgIpc) is 3.03. The van der Waals surface area contributed by atoms with Crippen molar-refractivity contribution < 1.29 is 4.79 Å². The van der Waals surface area contributed by atoms with Crippen LogP contribution in [0.5, 0.6) is 0 Å². The molecule has 0 radical (unpaired) electrons. The summed E-state index contributed by atoms with van der Waals surface area (Å²) in [5, 5.41) is 6.39. The molecule has 110 valence electrons. The number of carbonyl (C=O) groups is 1. The largest absolute Gasteiger partial charge is 0.324 e. The van der Waals surface area contributed by atoms with Gasteiger partial charge in [-0.3, -0.25) is 4.79 Å². The van der Waals surface area contributed by atoms with E-state index in [1.165, 1.54) is 0 Å². The predicted octanol–water partition coefficient (Wildman–Crippen LogP) is 1.91. The average molecular weight is 302 g/mol. The third-order valence-electron chi connectivity index (χ3n) is 3.39. The minimum absolute atomic E-state index is 0.0440. The number of nitrogens with zero attached hydrogens (tertiary/aromatic N) is 2. The number of para-hydroxylation sites is 2. The third-order valence-corrected chi connectivity index (χ3v) is 4.52. The van der Waals surface area contributed by atoms with Gasteiger partial charge in [0.2, 0.25) is 5.91 Å². The summed E-state index contributed by atoms with van der Waals surface area (Å²) in [6, 6.07) is 8.02. The normalized spacial score (nSPS) is 18.4. The summed E-state index contributed by atoms with van der Waals surface area (Å²) in [6.45, 7) is 0.980. The smallest absolute Gasteiger partial charge is 0.226 e. The molecular formula is C15H18N4OS. The Labute approximate surface area is 128 Å². The molecule has 1 atom stereocenters. The third kappa shape index (κ3) is 3.65. The van der Waals surface area contributed by atoms with Crippen LogP contribution in [-0.2, 0) is 4.79 Å². The first-order valence-electron chi connectivity index (χ1n) is 7.01. The van der Waals surface area contributed by atoms with Crippen LogP contribution in [0.4, 0.5) is 5.69 Å². The van der Waals surface area contributed by atoms with Crippen LogP contribution in [0.25, 0.3) is 5.69 Å². The first kappa shape index (κ1) is 14.2. The number of benzene rings is 1. The van der Waals surface area contributed by atoms with Gasteiger partial charge in [0.05, 0.1) is 17.7 Å². The fourth-order valence-electron chi connectivity index (χ4n) is 2.38. The molecule has 2 N–H and O–H groups in total. The number of imidazole rings is 1. The second kappa shape index (κ2) is 6.78. The molecule has 1 aliphatic rings. The monoisotopic (exact) mass is 302 g/mol. The Bertz CT molecular complexity index is 593. The van der Waals surface area contributed by atoms with Crippen molar-refractivity contribution in [2.45, 2.75) is 12.5 Å². The van der Waals surface area contributed by atoms with Gasteiger partial charge in [0.1, 0.15) is 0 Å². The molecular weight excluding hydrogens is 284 g/mol. The second-order valence-corrected chi connectivity index (χ2v) is 6.12. The Kier molecular flexibility index (Phi) is 4.57. The fourth-order valence-corrected chi connectivity index (χ4v) is 3.33. The van der Waals surface area contributed by atoms with E-state index < -0.39 is 0 Å². The van der Waals surface area contributed by atoms with Crippen molar-refractivity contribution in [3.05, 3.63) is 43.0 Å². The van der Waals surface area contributed by atoms with Crippen LogP contribution in [0.15, 0.2) is 43.0 Å². The zero-order valence-corrected chi connectivity index (χ0v) is 12.5. The summed E-state index contributed by atoms with van der Waals surface area (Å²) in [4.78, 5) is 16.3. The lowest BCUT2D eigenvalue weighted by atomic mass is 10.2. The molecule has 1 fully saturated rings. The van der Waals surface area contributed by atoms with Crippen LogP contribution in [0, 0.1) is 0 Å². The molecule has 0 aliphatic carbocycles. The van der Waals surface area contributed by atoms with E-state index in [1.54, 1.807) is 12.5 Å². The van der Waals surface area contributed by atoms with Crippen molar-refractivity contribution in [3.8, 4) is 5.69 Å². The van der Waals surface area contributed by atoms with Gasteiger partial charge in [-0.2, -0.15) is 11.8 Å². The van der Waals surface area contributed by atoms with Gasteiger partial charge in [-0.25, -0.2) is 4.98 Å². The highest BCUT2D eigenvalue weighted by molar-refractivity contribution is 7.99. The number of anilines is 1. The highest BCUT2D eigenvalue weighted by Gasteiger charge is 2.17. The van der Waals surface area contributed by atoms with Crippen LogP contribution >= 0.6 is 11.8 Å². The number of aromatic nitrogens is 2. The summed E-state index contributed by atoms with van der Waals surface area (Å²) in [7, 11) is 0. The SMILES string of the molecule is O=C(CC1CSCCN1)Nc1ccccc1-n1ccnc1. The van der Waals surface area contributed by atoms with Gasteiger partial charge < -0.3 is 15.2 Å². The molecule has 0 bridgehead atoms. The maximum absolute atomic E-state index is 12.2. The summed E-state index contributed by atoms with van der Waals surface area (Å²) < 4.78 is 1.89. The van der Waals surface area contributed by atoms with E-state index in [9.17, 15) is 4.79 Å². The van der Waals surface area contributed by atoms with Gasteiger partial charge in [-0.15, -0.1) is 0 Å². The minimum atomic E-state index is 0.0440. The van der Waals surface area contributed by atoms with Gasteiger partial charge >= 0.3 is 0 Å². The van der Waals surface area contributed by atoms with Crippen molar-refractivity contribution in [2.75, 3.05) is 23.4 Å². The highest BCUT2D eigenvalue weighted by atomic mass is 32.2. The Morgan fingerprint density at radius 2 is 2.38 bits per heavy atom. The van der Waals surface area contributed by atoms with Crippen molar-refractivity contribution in [2.24, 2.45) is 0 Å². The first-order valence-corrected chi connectivity index (χ1v) is 8.17. The van der Waals surface area contributed by atoms with Crippen molar-refractivity contribution in [1.29, 1.82) is 0 Å². The molecule has 6 heteroatoms. The number of nitrogens with one attached hydrogen (secondary N) is 2. The van der Waals surface area contributed by atoms with Gasteiger partial charge in [-0.1, -0.05) is 12.1 Å². The van der Waals surface area contributed by atoms with E-state index >= 15 is 0 Å². The molecule has 1 unspecified atom stereocenters. The Morgan fingerprint density at radius 3 is 3.14 bits per heavy atom. The molecule has 5 nitrogen and oxygen atoms in total. The molecule has 1 aromatic carbocycles. The Morgan fingerprint density at radius 1 is 1.48 bits per heavy atom. The highest BCUT2D eigenvalue weighted by Crippen LogP contribution is 2.20. The van der Waals surface area contributed by atoms with Crippen LogP contribution < -0.4 is 10.6 Å². The number of carbonyl (C=O) groups excluding carboxylic acids is 1. The predicted molar refractivity (Wildman–Crippen MR) is 85.9 cm³/mol. The molecule has 3 rings (SSSR count). The lowest BCUT2D eigenvalue weighted by Crippen LogP contribution is -2.39. The minimum Gasteiger partial charge on any atom is -0.324 e. The second-order valence-electron chi connectivity index (χ2n) is 4.97. The van der Waals surface area contributed by atoms with Gasteiger partial charge in [0.25, 0.3) is 0 Å². The maximum atomic E-state index is 12.2. The molecule has 0 saturated carbocycles. The lowest BCUT2D eigenvalue weighted by Gasteiger charge is -2.22. The molecule has 2 heterocycles. The molecule has 0 spiro atoms. The summed E-state index contributed by atoms with van der Waals surface area (Å²) in [5.74, 6) is 2.17. The van der Waals surface area contributed by atoms with Crippen molar-refractivity contribution >= 4 is 23.4 Å². The number of hydrogen-bond donors (Lipinski definition) is 2. The van der Waals surface area contributed by atoms with Gasteiger partial charge in [0, 0.05) is 42.9 Å². The van der Waals surface area contributed by atoms with E-state index in [4.69, 9.17) is 0 Å². The number of thioether (sulfide) groups is 1. The van der Waals surface area contributed by atoms with Crippen LogP contribution in [0.1, 0.15) is 6.42 Å². The van der Waals surface area contributed by atoms with Gasteiger partial charge in [-0.05, 0) is 12.1 Å². The molecule has 21 heavy (non-hydrogen) atoms. The summed E-state index contributed by atoms with van der Waals surface area (Å²) >= 11 is 1.90. The number of amides is 1. The zero-order chi connectivity index (χ0) is 14.5. The molecule has 1 aliphatic heterocycles. The van der Waals surface area contributed by atoms with Crippen LogP contribution in [0.3, 0.4) is 0 Å². The van der Waals surface area contributed by atoms with Crippen LogP contribution in [0.2, 0.25) is 0 Å². The standard InChI is InChI=1S/C15H18N4OS/c20-15(9-12-10-21-8-6-17-12)18-13-3-1-2-4-14(13)19-7-5-16-11-19/h1-5,7,11-12,17H,6,8-10H2,(H,18,20). The van der Waals surface area contributed by atoms with E-state index in [1.807, 2.05) is 46.8 Å². The van der Waals surface area contributed by atoms with Crippen molar-refractivity contribution in [3.63, 3.8) is 0 Å². The molecule has 1 saturated heterocycles. The Balaban J connectivity index is 1.68. The molecule has 1 amide bonds. The fraction of sp³-hybridized carbons (Fsp3) is 0.333. The number of hydrogen-bond acceptors (Lipinski definition) is 4. The summed E-state index contributed by atoms with van der Waals surface area (Å²) in [6.07, 6.45) is 5.82. The lowest BCUT2D eigenvalue weighted by molar-refractivity contribution is -0.116. The quantitative estimate of drug-likeness (QED) is 0.906. The molecule has 2 aromatic rings. The topological polar surface area (TPSA) is 59.0 Å². The number of rotatable bonds is 4. The first-order chi connectivity index (χ1) is 10.3. The summed E-state index contributed by atoms with van der Waals surface area (Å²) in [5.41, 5.74) is 1.73.